The predicted molar refractivity (Wildman–Crippen MR) is 200 cm³/mol. The predicted octanol–water partition coefficient (Wildman–Crippen LogP) is 3.29. The van der Waals surface area contributed by atoms with Crippen LogP contribution in [0.2, 0.25) is 0 Å². The zero-order chi connectivity index (χ0) is 37.2. The first kappa shape index (κ1) is 35.7. The maximum atomic E-state index is 13.8. The molecular formula is C38H46N12O3. The van der Waals surface area contributed by atoms with Crippen LogP contribution in [0.25, 0.3) is 22.2 Å². The lowest BCUT2D eigenvalue weighted by atomic mass is 10.1. The summed E-state index contributed by atoms with van der Waals surface area (Å²) in [5.41, 5.74) is 8.14. The molecule has 0 spiro atoms. The first-order valence-electron chi connectivity index (χ1n) is 18.1. The Kier molecular flexibility index (Phi) is 10.2. The molecule has 2 amide bonds. The van der Waals surface area contributed by atoms with E-state index in [-0.39, 0.29) is 11.8 Å². The molecule has 0 aliphatic carbocycles. The van der Waals surface area contributed by atoms with Gasteiger partial charge < -0.3 is 18.4 Å². The number of rotatable bonds is 10. The summed E-state index contributed by atoms with van der Waals surface area (Å²) in [6.07, 6.45) is 5.85. The lowest BCUT2D eigenvalue weighted by Gasteiger charge is -2.27. The van der Waals surface area contributed by atoms with Crippen LogP contribution in [-0.2, 0) is 51.6 Å². The van der Waals surface area contributed by atoms with Gasteiger partial charge in [-0.05, 0) is 63.6 Å². The number of allylic oxidation sites excluding steroid dienone is 2. The summed E-state index contributed by atoms with van der Waals surface area (Å²) in [5.74, 6) is -0.717. The first-order chi connectivity index (χ1) is 25.7. The first-order valence-corrected chi connectivity index (χ1v) is 18.1. The maximum absolute atomic E-state index is 13.8. The van der Waals surface area contributed by atoms with Crippen molar-refractivity contribution in [1.82, 2.24) is 47.7 Å². The fourth-order valence-electron chi connectivity index (χ4n) is 7.11. The van der Waals surface area contributed by atoms with Gasteiger partial charge in [0.05, 0.1) is 41.2 Å². The molecule has 15 nitrogen and oxygen atoms in total. The van der Waals surface area contributed by atoms with Gasteiger partial charge >= 0.3 is 0 Å². The Morgan fingerprint density at radius 1 is 0.792 bits per heavy atom. The van der Waals surface area contributed by atoms with Crippen LogP contribution >= 0.6 is 0 Å². The molecule has 0 N–H and O–H groups in total. The van der Waals surface area contributed by atoms with Gasteiger partial charge in [0.1, 0.15) is 11.4 Å². The van der Waals surface area contributed by atoms with Crippen molar-refractivity contribution in [1.29, 1.82) is 0 Å². The van der Waals surface area contributed by atoms with Gasteiger partial charge in [0.15, 0.2) is 5.65 Å². The highest BCUT2D eigenvalue weighted by molar-refractivity contribution is 5.94. The molecule has 276 valence electrons. The SMILES string of the molecule is CCn1nc(C)cc1C(=O)N=c1n(C)c2ncccc2n1C/C=C/Cn1c(=NC(=O)c2cc(C)nn2CC)n(C)c2cccc(CN3CCOCC3)c21. The number of carbonyl (C=O) groups is 2. The number of hydrogen-bond donors (Lipinski definition) is 0. The van der Waals surface area contributed by atoms with E-state index in [1.54, 1.807) is 27.7 Å². The second kappa shape index (κ2) is 15.1. The summed E-state index contributed by atoms with van der Waals surface area (Å²) < 4.78 is 16.9. The molecule has 6 heterocycles. The number of para-hydroxylation sites is 1. The van der Waals surface area contributed by atoms with E-state index in [9.17, 15) is 9.59 Å². The molecule has 7 rings (SSSR count). The van der Waals surface area contributed by atoms with E-state index >= 15 is 0 Å². The molecular weight excluding hydrogens is 672 g/mol. The molecule has 53 heavy (non-hydrogen) atoms. The van der Waals surface area contributed by atoms with Crippen LogP contribution in [-0.4, -0.2) is 85.8 Å². The van der Waals surface area contributed by atoms with Gasteiger partial charge in [-0.1, -0.05) is 24.3 Å². The Morgan fingerprint density at radius 3 is 2.00 bits per heavy atom. The van der Waals surface area contributed by atoms with Gasteiger partial charge in [0, 0.05) is 66.1 Å². The summed E-state index contributed by atoms with van der Waals surface area (Å²) >= 11 is 0. The summed E-state index contributed by atoms with van der Waals surface area (Å²) in [7, 11) is 3.81. The Balaban J connectivity index is 1.29. The van der Waals surface area contributed by atoms with Crippen molar-refractivity contribution in [2.75, 3.05) is 26.3 Å². The summed E-state index contributed by atoms with van der Waals surface area (Å²) in [5, 5.41) is 8.91. The molecule has 0 bridgehead atoms. The second-order valence-corrected chi connectivity index (χ2v) is 13.2. The quantitative estimate of drug-likeness (QED) is 0.198. The zero-order valence-corrected chi connectivity index (χ0v) is 31.2. The highest BCUT2D eigenvalue weighted by Crippen LogP contribution is 2.21. The van der Waals surface area contributed by atoms with Crippen LogP contribution in [0, 0.1) is 13.8 Å². The molecule has 5 aromatic heterocycles. The monoisotopic (exact) mass is 718 g/mol. The normalized spacial score (nSPS) is 14.8. The Hall–Kier alpha value is -5.67. The average Bonchev–Trinajstić information content (AvgIpc) is 3.89. The molecule has 15 heteroatoms. The van der Waals surface area contributed by atoms with E-state index in [2.05, 4.69) is 53.9 Å². The Bertz CT molecular complexity index is 2490. The van der Waals surface area contributed by atoms with E-state index in [0.29, 0.717) is 67.7 Å². The van der Waals surface area contributed by atoms with E-state index < -0.39 is 0 Å². The van der Waals surface area contributed by atoms with Gasteiger partial charge in [-0.3, -0.25) is 28.4 Å². The molecule has 0 saturated carbocycles. The largest absolute Gasteiger partial charge is 0.379 e. The van der Waals surface area contributed by atoms with E-state index in [4.69, 9.17) is 9.73 Å². The molecule has 0 radical (unpaired) electrons. The van der Waals surface area contributed by atoms with Crippen LogP contribution in [0.4, 0.5) is 0 Å². The number of morpholine rings is 1. The summed E-state index contributed by atoms with van der Waals surface area (Å²) in [6, 6.07) is 13.7. The van der Waals surface area contributed by atoms with E-state index in [1.807, 2.05) is 73.7 Å². The molecule has 1 fully saturated rings. The number of imidazole rings is 2. The second-order valence-electron chi connectivity index (χ2n) is 13.2. The number of benzene rings is 1. The Labute approximate surface area is 306 Å². The fourth-order valence-corrected chi connectivity index (χ4v) is 7.11. The van der Waals surface area contributed by atoms with Crippen molar-refractivity contribution >= 4 is 34.0 Å². The topological polar surface area (TPSA) is 140 Å². The maximum Gasteiger partial charge on any atom is 0.298 e. The number of nitrogens with zero attached hydrogens (tertiary/aromatic N) is 12. The molecule has 1 saturated heterocycles. The lowest BCUT2D eigenvalue weighted by molar-refractivity contribution is 0.0343. The number of carbonyl (C=O) groups excluding carboxylic acids is 2. The van der Waals surface area contributed by atoms with Crippen LogP contribution in [0.15, 0.2) is 70.8 Å². The number of fused-ring (bicyclic) bond motifs is 2. The van der Waals surface area contributed by atoms with Crippen molar-refractivity contribution in [2.24, 2.45) is 24.1 Å². The third-order valence-electron chi connectivity index (χ3n) is 9.67. The van der Waals surface area contributed by atoms with Gasteiger partial charge in [-0.15, -0.1) is 0 Å². The fraction of sp³-hybridized carbons (Fsp3) is 0.395. The highest BCUT2D eigenvalue weighted by atomic mass is 16.5. The number of hydrogen-bond acceptors (Lipinski definition) is 7. The van der Waals surface area contributed by atoms with Crippen LogP contribution < -0.4 is 11.2 Å². The molecule has 1 aliphatic rings. The molecule has 0 atom stereocenters. The van der Waals surface area contributed by atoms with Gasteiger partial charge in [-0.25, -0.2) is 4.98 Å². The van der Waals surface area contributed by atoms with Crippen LogP contribution in [0.3, 0.4) is 0 Å². The third kappa shape index (κ3) is 6.97. The van der Waals surface area contributed by atoms with Crippen molar-refractivity contribution in [2.45, 2.75) is 60.4 Å². The van der Waals surface area contributed by atoms with Crippen molar-refractivity contribution < 1.29 is 14.3 Å². The minimum absolute atomic E-state index is 0.347. The highest BCUT2D eigenvalue weighted by Gasteiger charge is 2.20. The Morgan fingerprint density at radius 2 is 1.38 bits per heavy atom. The standard InChI is InChI=1S/C38H46N12O3/c1-7-49-31(23-26(3)42-49)35(51)40-37-44(5)29-14-11-13-28(25-46-19-21-53-22-20-46)33(29)48(37)18-10-9-17-47-30-15-12-16-39-34(30)45(6)38(47)41-36(52)32-24-27(4)43-50(32)8-2/h9-16,23-24H,7-8,17-22,25H2,1-6H3/b10-9+,40-37?,41-38?. The molecule has 1 aromatic carbocycles. The summed E-state index contributed by atoms with van der Waals surface area (Å²) in [6.45, 7) is 13.5. The average molecular weight is 719 g/mol. The van der Waals surface area contributed by atoms with Gasteiger partial charge in [-0.2, -0.15) is 20.2 Å². The number of aryl methyl sites for hydroxylation is 6. The lowest BCUT2D eigenvalue weighted by Crippen LogP contribution is -2.35. The van der Waals surface area contributed by atoms with Crippen molar-refractivity contribution in [3.8, 4) is 0 Å². The molecule has 6 aromatic rings. The van der Waals surface area contributed by atoms with E-state index in [1.165, 1.54) is 0 Å². The zero-order valence-electron chi connectivity index (χ0n) is 31.2. The molecule has 0 unspecified atom stereocenters. The van der Waals surface area contributed by atoms with Crippen molar-refractivity contribution in [3.05, 3.63) is 100 Å². The van der Waals surface area contributed by atoms with Gasteiger partial charge in [0.2, 0.25) is 11.2 Å². The van der Waals surface area contributed by atoms with Gasteiger partial charge in [0.25, 0.3) is 11.8 Å². The summed E-state index contributed by atoms with van der Waals surface area (Å²) in [4.78, 5) is 43.6. The smallest absolute Gasteiger partial charge is 0.298 e. The third-order valence-corrected chi connectivity index (χ3v) is 9.67. The van der Waals surface area contributed by atoms with E-state index in [0.717, 1.165) is 53.1 Å². The number of ether oxygens (including phenoxy) is 1. The van der Waals surface area contributed by atoms with Crippen molar-refractivity contribution in [3.63, 3.8) is 0 Å². The number of pyridine rings is 1. The minimum Gasteiger partial charge on any atom is -0.379 e. The van der Waals surface area contributed by atoms with Crippen LogP contribution in [0.5, 0.6) is 0 Å². The van der Waals surface area contributed by atoms with Crippen LogP contribution in [0.1, 0.15) is 51.8 Å². The number of aromatic nitrogens is 9. The molecule has 1 aliphatic heterocycles. The number of amides is 2. The minimum atomic E-state index is -0.370.